The first-order valence-electron chi connectivity index (χ1n) is 7.46. The van der Waals surface area contributed by atoms with E-state index in [0.29, 0.717) is 22.3 Å². The number of fused-ring (bicyclic) bond motifs is 1. The van der Waals surface area contributed by atoms with Crippen LogP contribution in [0.2, 0.25) is 0 Å². The molecule has 1 N–H and O–H groups in total. The molecule has 3 rings (SSSR count). The number of hydrogen-bond donors (Lipinski definition) is 1. The molecule has 1 amide bonds. The van der Waals surface area contributed by atoms with Gasteiger partial charge >= 0.3 is 0 Å². The van der Waals surface area contributed by atoms with Gasteiger partial charge in [0.15, 0.2) is 0 Å². The summed E-state index contributed by atoms with van der Waals surface area (Å²) in [6, 6.07) is 15.9. The predicted octanol–water partition coefficient (Wildman–Crippen LogP) is 2.90. The van der Waals surface area contributed by atoms with Gasteiger partial charge in [0, 0.05) is 11.5 Å². The number of aromatic nitrogens is 2. The van der Waals surface area contributed by atoms with Crippen LogP contribution in [-0.4, -0.2) is 15.6 Å². The fraction of sp³-hybridized carbons (Fsp3) is 0.167. The van der Waals surface area contributed by atoms with Crippen molar-refractivity contribution >= 4 is 16.8 Å². The van der Waals surface area contributed by atoms with Crippen LogP contribution in [0.25, 0.3) is 10.9 Å². The Labute approximate surface area is 133 Å². The molecule has 0 aliphatic rings. The topological polar surface area (TPSA) is 64.0 Å². The normalized spacial score (nSPS) is 10.9. The third-order valence-corrected chi connectivity index (χ3v) is 3.57. The van der Waals surface area contributed by atoms with E-state index in [-0.39, 0.29) is 17.4 Å². The van der Waals surface area contributed by atoms with Crippen LogP contribution in [0.3, 0.4) is 0 Å². The Bertz CT molecular complexity index is 914. The third kappa shape index (κ3) is 2.85. The standard InChI is InChI=1S/C18H17N3O2/c1-12(2)16-19-15-11-7-6-10-14(15)18(23)21(16)20-17(22)13-8-4-3-5-9-13/h3-12H,1-2H3,(H,20,22). The lowest BCUT2D eigenvalue weighted by Gasteiger charge is -2.16. The number of amides is 1. The van der Waals surface area contributed by atoms with Crippen LogP contribution < -0.4 is 11.0 Å². The van der Waals surface area contributed by atoms with Crippen molar-refractivity contribution in [2.24, 2.45) is 0 Å². The van der Waals surface area contributed by atoms with E-state index in [2.05, 4.69) is 10.4 Å². The van der Waals surface area contributed by atoms with Crippen molar-refractivity contribution in [3.05, 3.63) is 76.3 Å². The maximum absolute atomic E-state index is 12.7. The largest absolute Gasteiger partial charge is 0.280 e. The predicted molar refractivity (Wildman–Crippen MR) is 90.2 cm³/mol. The molecule has 0 unspecified atom stereocenters. The summed E-state index contributed by atoms with van der Waals surface area (Å²) >= 11 is 0. The van der Waals surface area contributed by atoms with Crippen LogP contribution in [0.5, 0.6) is 0 Å². The number of benzene rings is 2. The molecule has 1 aromatic heterocycles. The van der Waals surface area contributed by atoms with E-state index in [1.165, 1.54) is 4.68 Å². The average Bonchev–Trinajstić information content (AvgIpc) is 2.57. The molecule has 0 radical (unpaired) electrons. The Morgan fingerprint density at radius 1 is 1.04 bits per heavy atom. The lowest BCUT2D eigenvalue weighted by molar-refractivity contribution is 0.101. The first-order chi connectivity index (χ1) is 11.1. The van der Waals surface area contributed by atoms with Crippen LogP contribution >= 0.6 is 0 Å². The number of para-hydroxylation sites is 1. The lowest BCUT2D eigenvalue weighted by atomic mass is 10.2. The molecule has 0 saturated heterocycles. The minimum atomic E-state index is -0.341. The van der Waals surface area contributed by atoms with Gasteiger partial charge in [0.05, 0.1) is 10.9 Å². The van der Waals surface area contributed by atoms with Crippen molar-refractivity contribution in [2.45, 2.75) is 19.8 Å². The first kappa shape index (κ1) is 15.0. The van der Waals surface area contributed by atoms with E-state index in [1.807, 2.05) is 26.0 Å². The van der Waals surface area contributed by atoms with Gasteiger partial charge in [-0.2, -0.15) is 0 Å². The van der Waals surface area contributed by atoms with Crippen molar-refractivity contribution < 1.29 is 4.79 Å². The maximum atomic E-state index is 12.7. The molecule has 0 fully saturated rings. The summed E-state index contributed by atoms with van der Waals surface area (Å²) in [7, 11) is 0. The maximum Gasteiger partial charge on any atom is 0.280 e. The summed E-state index contributed by atoms with van der Waals surface area (Å²) in [5.41, 5.74) is 3.52. The Morgan fingerprint density at radius 2 is 1.70 bits per heavy atom. The molecule has 1 heterocycles. The third-order valence-electron chi connectivity index (χ3n) is 3.57. The van der Waals surface area contributed by atoms with E-state index in [0.717, 1.165) is 0 Å². The van der Waals surface area contributed by atoms with Gasteiger partial charge < -0.3 is 0 Å². The molecule has 0 aliphatic heterocycles. The number of hydrogen-bond acceptors (Lipinski definition) is 3. The number of rotatable bonds is 3. The zero-order valence-corrected chi connectivity index (χ0v) is 13.0. The lowest BCUT2D eigenvalue weighted by Crippen LogP contribution is -2.36. The summed E-state index contributed by atoms with van der Waals surface area (Å²) in [5, 5.41) is 0.477. The quantitative estimate of drug-likeness (QED) is 0.809. The molecular weight excluding hydrogens is 290 g/mol. The fourth-order valence-electron chi connectivity index (χ4n) is 2.40. The van der Waals surface area contributed by atoms with E-state index >= 15 is 0 Å². The first-order valence-corrected chi connectivity index (χ1v) is 7.46. The second-order valence-electron chi connectivity index (χ2n) is 5.59. The van der Waals surface area contributed by atoms with Crippen molar-refractivity contribution in [1.29, 1.82) is 0 Å². The molecule has 5 heteroatoms. The second kappa shape index (κ2) is 6.04. The SMILES string of the molecule is CC(C)c1nc2ccccc2c(=O)n1NC(=O)c1ccccc1. The van der Waals surface area contributed by atoms with Gasteiger partial charge in [0.25, 0.3) is 11.5 Å². The highest BCUT2D eigenvalue weighted by molar-refractivity contribution is 6.00. The van der Waals surface area contributed by atoms with Crippen molar-refractivity contribution in [3.63, 3.8) is 0 Å². The number of carbonyl (C=O) groups excluding carboxylic acids is 1. The molecule has 0 aliphatic carbocycles. The monoisotopic (exact) mass is 307 g/mol. The number of nitrogens with one attached hydrogen (secondary N) is 1. The van der Waals surface area contributed by atoms with Crippen LogP contribution in [0.1, 0.15) is 35.9 Å². The summed E-state index contributed by atoms with van der Waals surface area (Å²) in [6.45, 7) is 3.86. The summed E-state index contributed by atoms with van der Waals surface area (Å²) in [5.74, 6) is 0.174. The minimum Gasteiger partial charge on any atom is -0.267 e. The van der Waals surface area contributed by atoms with Crippen LogP contribution in [0.15, 0.2) is 59.4 Å². The molecule has 23 heavy (non-hydrogen) atoms. The van der Waals surface area contributed by atoms with Crippen LogP contribution in [0.4, 0.5) is 0 Å². The number of nitrogens with zero attached hydrogens (tertiary/aromatic N) is 2. The van der Waals surface area contributed by atoms with Gasteiger partial charge in [-0.1, -0.05) is 44.2 Å². The van der Waals surface area contributed by atoms with Crippen molar-refractivity contribution in [2.75, 3.05) is 5.43 Å². The van der Waals surface area contributed by atoms with Gasteiger partial charge in [0.2, 0.25) is 0 Å². The van der Waals surface area contributed by atoms with Gasteiger partial charge in [-0.3, -0.25) is 15.0 Å². The Hall–Kier alpha value is -2.95. The molecule has 2 aromatic carbocycles. The Morgan fingerprint density at radius 3 is 2.39 bits per heavy atom. The zero-order valence-electron chi connectivity index (χ0n) is 13.0. The molecule has 0 spiro atoms. The molecular formula is C18H17N3O2. The van der Waals surface area contributed by atoms with Crippen LogP contribution in [0, 0.1) is 0 Å². The Kier molecular flexibility index (Phi) is 3.93. The van der Waals surface area contributed by atoms with Gasteiger partial charge in [-0.15, -0.1) is 0 Å². The van der Waals surface area contributed by atoms with Crippen LogP contribution in [-0.2, 0) is 0 Å². The van der Waals surface area contributed by atoms with E-state index in [9.17, 15) is 9.59 Å². The minimum absolute atomic E-state index is 0.0108. The second-order valence-corrected chi connectivity index (χ2v) is 5.59. The highest BCUT2D eigenvalue weighted by atomic mass is 16.2. The molecule has 116 valence electrons. The summed E-state index contributed by atoms with van der Waals surface area (Å²) in [4.78, 5) is 29.6. The highest BCUT2D eigenvalue weighted by Crippen LogP contribution is 2.14. The van der Waals surface area contributed by atoms with Crippen molar-refractivity contribution in [3.8, 4) is 0 Å². The van der Waals surface area contributed by atoms with Gasteiger partial charge in [0.1, 0.15) is 5.82 Å². The fourth-order valence-corrected chi connectivity index (χ4v) is 2.40. The molecule has 0 atom stereocenters. The Balaban J connectivity index is 2.12. The molecule has 5 nitrogen and oxygen atoms in total. The summed E-state index contributed by atoms with van der Waals surface area (Å²) < 4.78 is 1.25. The number of carbonyl (C=O) groups is 1. The van der Waals surface area contributed by atoms with E-state index in [4.69, 9.17) is 0 Å². The molecule has 0 saturated carbocycles. The zero-order chi connectivity index (χ0) is 16.4. The molecule has 3 aromatic rings. The summed E-state index contributed by atoms with van der Waals surface area (Å²) in [6.07, 6.45) is 0. The van der Waals surface area contributed by atoms with Gasteiger partial charge in [-0.25, -0.2) is 9.66 Å². The smallest absolute Gasteiger partial charge is 0.267 e. The van der Waals surface area contributed by atoms with E-state index in [1.54, 1.807) is 42.5 Å². The average molecular weight is 307 g/mol. The highest BCUT2D eigenvalue weighted by Gasteiger charge is 2.16. The van der Waals surface area contributed by atoms with Gasteiger partial charge in [-0.05, 0) is 24.3 Å². The van der Waals surface area contributed by atoms with Crippen molar-refractivity contribution in [1.82, 2.24) is 9.66 Å². The molecule has 0 bridgehead atoms. The van der Waals surface area contributed by atoms with E-state index < -0.39 is 0 Å².